The van der Waals surface area contributed by atoms with Crippen molar-refractivity contribution in [2.24, 2.45) is 11.8 Å². The molecule has 0 bridgehead atoms. The van der Waals surface area contributed by atoms with Gasteiger partial charge in [0.25, 0.3) is 0 Å². The molecule has 3 rings (SSSR count). The lowest BCUT2D eigenvalue weighted by atomic mass is 9.81. The summed E-state index contributed by atoms with van der Waals surface area (Å²) in [4.78, 5) is 24.5. The normalized spacial score (nSPS) is 24.1. The van der Waals surface area contributed by atoms with Gasteiger partial charge in [-0.2, -0.15) is 0 Å². The lowest BCUT2D eigenvalue weighted by Crippen LogP contribution is -2.36. The van der Waals surface area contributed by atoms with E-state index in [0.29, 0.717) is 6.04 Å². The summed E-state index contributed by atoms with van der Waals surface area (Å²) in [5, 5.41) is 6.07. The van der Waals surface area contributed by atoms with Crippen molar-refractivity contribution in [3.63, 3.8) is 0 Å². The average molecular weight is 379 g/mol. The van der Waals surface area contributed by atoms with Gasteiger partial charge in [-0.15, -0.1) is 0 Å². The lowest BCUT2D eigenvalue weighted by Gasteiger charge is -2.27. The zero-order valence-corrected chi connectivity index (χ0v) is 15.0. The van der Waals surface area contributed by atoms with Crippen LogP contribution in [0.25, 0.3) is 0 Å². The molecular weight excluding hydrogens is 356 g/mol. The topological polar surface area (TPSA) is 58.2 Å². The van der Waals surface area contributed by atoms with E-state index < -0.39 is 0 Å². The van der Waals surface area contributed by atoms with Gasteiger partial charge in [-0.3, -0.25) is 9.59 Å². The van der Waals surface area contributed by atoms with Crippen molar-refractivity contribution in [2.75, 3.05) is 5.32 Å². The fraction of sp³-hybridized carbons (Fsp3) is 0.556. The number of benzene rings is 1. The Morgan fingerprint density at radius 1 is 1.00 bits per heavy atom. The molecule has 0 spiro atoms. The quantitative estimate of drug-likeness (QED) is 0.837. The number of hydrogen-bond acceptors (Lipinski definition) is 2. The van der Waals surface area contributed by atoms with E-state index in [2.05, 4.69) is 26.6 Å². The highest BCUT2D eigenvalue weighted by molar-refractivity contribution is 9.10. The van der Waals surface area contributed by atoms with E-state index in [9.17, 15) is 9.59 Å². The van der Waals surface area contributed by atoms with Crippen LogP contribution in [0.15, 0.2) is 22.7 Å². The van der Waals surface area contributed by atoms with E-state index in [0.717, 1.165) is 54.2 Å². The van der Waals surface area contributed by atoms with Crippen LogP contribution in [0.4, 0.5) is 5.69 Å². The molecule has 2 N–H and O–H groups in total. The van der Waals surface area contributed by atoms with Gasteiger partial charge in [0, 0.05) is 28.0 Å². The van der Waals surface area contributed by atoms with Crippen LogP contribution in [0.2, 0.25) is 0 Å². The third-order valence-corrected chi connectivity index (χ3v) is 5.69. The molecule has 2 saturated carbocycles. The monoisotopic (exact) mass is 378 g/mol. The highest BCUT2D eigenvalue weighted by Gasteiger charge is 2.32. The number of rotatable bonds is 4. The van der Waals surface area contributed by atoms with Crippen molar-refractivity contribution in [2.45, 2.75) is 51.5 Å². The summed E-state index contributed by atoms with van der Waals surface area (Å²) >= 11 is 3.48. The zero-order valence-electron chi connectivity index (χ0n) is 13.4. The summed E-state index contributed by atoms with van der Waals surface area (Å²) in [6, 6.07) is 6.26. The van der Waals surface area contributed by atoms with Gasteiger partial charge in [0.1, 0.15) is 0 Å². The number of nitrogens with one attached hydrogen (secondary N) is 2. The molecule has 124 valence electrons. The van der Waals surface area contributed by atoms with Crippen LogP contribution >= 0.6 is 15.9 Å². The Morgan fingerprint density at radius 2 is 1.61 bits per heavy atom. The molecule has 23 heavy (non-hydrogen) atoms. The summed E-state index contributed by atoms with van der Waals surface area (Å²) in [5.74, 6) is 0.365. The molecule has 0 radical (unpaired) electrons. The van der Waals surface area contributed by atoms with Crippen LogP contribution in [0.5, 0.6) is 0 Å². The first-order valence-corrected chi connectivity index (χ1v) is 9.19. The van der Waals surface area contributed by atoms with E-state index in [1.54, 1.807) is 0 Å². The van der Waals surface area contributed by atoms with Crippen LogP contribution in [-0.4, -0.2) is 17.9 Å². The van der Waals surface area contributed by atoms with Crippen LogP contribution in [0.3, 0.4) is 0 Å². The second kappa shape index (κ2) is 7.04. The van der Waals surface area contributed by atoms with Gasteiger partial charge < -0.3 is 10.6 Å². The molecule has 1 aromatic rings. The third-order valence-electron chi connectivity index (χ3n) is 4.83. The van der Waals surface area contributed by atoms with Gasteiger partial charge >= 0.3 is 0 Å². The van der Waals surface area contributed by atoms with Crippen LogP contribution < -0.4 is 10.6 Å². The first kappa shape index (κ1) is 16.5. The van der Waals surface area contributed by atoms with Crippen LogP contribution in [0, 0.1) is 18.8 Å². The minimum Gasteiger partial charge on any atom is -0.353 e. The average Bonchev–Trinajstić information content (AvgIpc) is 3.35. The van der Waals surface area contributed by atoms with Gasteiger partial charge in [-0.1, -0.05) is 22.0 Å². The number of anilines is 1. The highest BCUT2D eigenvalue weighted by atomic mass is 79.9. The molecule has 0 heterocycles. The summed E-state index contributed by atoms with van der Waals surface area (Å²) in [6.45, 7) is 2.02. The van der Waals surface area contributed by atoms with Gasteiger partial charge in [0.2, 0.25) is 11.8 Å². The number of carbonyl (C=O) groups is 2. The second-order valence-electron chi connectivity index (χ2n) is 6.78. The Balaban J connectivity index is 1.49. The maximum atomic E-state index is 12.4. The maximum Gasteiger partial charge on any atom is 0.227 e. The van der Waals surface area contributed by atoms with Gasteiger partial charge in [-0.25, -0.2) is 0 Å². The molecule has 2 aliphatic rings. The molecule has 0 aliphatic heterocycles. The maximum absolute atomic E-state index is 12.4. The van der Waals surface area contributed by atoms with E-state index >= 15 is 0 Å². The van der Waals surface area contributed by atoms with E-state index in [4.69, 9.17) is 0 Å². The molecule has 2 aliphatic carbocycles. The Hall–Kier alpha value is -1.36. The van der Waals surface area contributed by atoms with Gasteiger partial charge in [0.05, 0.1) is 0 Å². The summed E-state index contributed by atoms with van der Waals surface area (Å²) in [5.41, 5.74) is 1.96. The minimum atomic E-state index is 0.0139. The molecule has 2 amide bonds. The predicted molar refractivity (Wildman–Crippen MR) is 94.1 cm³/mol. The molecule has 5 heteroatoms. The van der Waals surface area contributed by atoms with Crippen molar-refractivity contribution in [3.05, 3.63) is 28.2 Å². The number of hydrogen-bond donors (Lipinski definition) is 2. The number of halogens is 1. The van der Waals surface area contributed by atoms with E-state index in [-0.39, 0.29) is 23.7 Å². The fourth-order valence-electron chi connectivity index (χ4n) is 3.08. The Morgan fingerprint density at radius 3 is 2.17 bits per heavy atom. The third kappa shape index (κ3) is 4.34. The van der Waals surface area contributed by atoms with Crippen molar-refractivity contribution >= 4 is 33.4 Å². The molecular formula is C18H23BrN2O2. The Labute approximate surface area is 145 Å². The van der Waals surface area contributed by atoms with Crippen LogP contribution in [-0.2, 0) is 9.59 Å². The predicted octanol–water partition coefficient (Wildman–Crippen LogP) is 3.78. The summed E-state index contributed by atoms with van der Waals surface area (Å²) in [6.07, 6.45) is 5.46. The largest absolute Gasteiger partial charge is 0.353 e. The molecule has 0 aromatic heterocycles. The standard InChI is InChI=1S/C18H23BrN2O2/c1-11-2-7-15(10-16(11)19)21-18(23)13-5-3-12(4-6-13)17(22)20-14-8-9-14/h2,7,10,12-14H,3-6,8-9H2,1H3,(H,20,22)(H,21,23). The molecule has 1 aromatic carbocycles. The Kier molecular flexibility index (Phi) is 5.05. The SMILES string of the molecule is Cc1ccc(NC(=O)C2CCC(C(=O)NC3CC3)CC2)cc1Br. The van der Waals surface area contributed by atoms with Crippen molar-refractivity contribution in [1.29, 1.82) is 0 Å². The highest BCUT2D eigenvalue weighted by Crippen LogP contribution is 2.31. The lowest BCUT2D eigenvalue weighted by molar-refractivity contribution is -0.128. The fourth-order valence-corrected chi connectivity index (χ4v) is 3.46. The van der Waals surface area contributed by atoms with Gasteiger partial charge in [0.15, 0.2) is 0 Å². The second-order valence-corrected chi connectivity index (χ2v) is 7.64. The van der Waals surface area contributed by atoms with Crippen molar-refractivity contribution in [1.82, 2.24) is 5.32 Å². The molecule has 2 fully saturated rings. The number of carbonyl (C=O) groups excluding carboxylic acids is 2. The molecule has 0 saturated heterocycles. The van der Waals surface area contributed by atoms with Gasteiger partial charge in [-0.05, 0) is 63.1 Å². The minimum absolute atomic E-state index is 0.0139. The van der Waals surface area contributed by atoms with E-state index in [1.165, 1.54) is 0 Å². The summed E-state index contributed by atoms with van der Waals surface area (Å²) < 4.78 is 0.996. The van der Waals surface area contributed by atoms with Crippen LogP contribution in [0.1, 0.15) is 44.1 Å². The first-order chi connectivity index (χ1) is 11.0. The van der Waals surface area contributed by atoms with E-state index in [1.807, 2.05) is 25.1 Å². The van der Waals surface area contributed by atoms with Crippen molar-refractivity contribution in [3.8, 4) is 0 Å². The first-order valence-electron chi connectivity index (χ1n) is 8.40. The molecule has 0 atom stereocenters. The summed E-state index contributed by atoms with van der Waals surface area (Å²) in [7, 11) is 0. The van der Waals surface area contributed by atoms with Crippen molar-refractivity contribution < 1.29 is 9.59 Å². The molecule has 0 unspecified atom stereocenters. The zero-order chi connectivity index (χ0) is 16.4. The Bertz CT molecular complexity index is 605. The number of aryl methyl sites for hydroxylation is 1. The molecule has 4 nitrogen and oxygen atoms in total. The number of amides is 2. The smallest absolute Gasteiger partial charge is 0.227 e.